The van der Waals surface area contributed by atoms with Gasteiger partial charge in [-0.05, 0) is 54.1 Å². The molecule has 2 nitrogen and oxygen atoms in total. The van der Waals surface area contributed by atoms with Gasteiger partial charge in [-0.1, -0.05) is 12.1 Å². The van der Waals surface area contributed by atoms with Gasteiger partial charge >= 0.3 is 0 Å². The van der Waals surface area contributed by atoms with Gasteiger partial charge in [0.15, 0.2) is 0 Å². The molecular weight excluding hydrogens is 289 g/mol. The molecule has 0 saturated heterocycles. The van der Waals surface area contributed by atoms with E-state index in [0.717, 1.165) is 5.56 Å². The average molecular weight is 305 g/mol. The van der Waals surface area contributed by atoms with Gasteiger partial charge in [0.1, 0.15) is 0 Å². The molecule has 0 bridgehead atoms. The van der Waals surface area contributed by atoms with Crippen LogP contribution in [0.1, 0.15) is 19.4 Å². The van der Waals surface area contributed by atoms with Crippen molar-refractivity contribution in [3.63, 3.8) is 0 Å². The Bertz CT molecular complexity index is 293. The minimum absolute atomic E-state index is 0.221. The number of rotatable bonds is 3. The second kappa shape index (κ2) is 4.59. The highest BCUT2D eigenvalue weighted by molar-refractivity contribution is 14.1. The van der Waals surface area contributed by atoms with E-state index < -0.39 is 5.60 Å². The maximum atomic E-state index is 9.99. The zero-order chi connectivity index (χ0) is 10.8. The fraction of sp³-hybridized carbons (Fsp3) is 0.455. The topological polar surface area (TPSA) is 46.2 Å². The minimum Gasteiger partial charge on any atom is -0.388 e. The molecule has 1 aromatic carbocycles. The van der Waals surface area contributed by atoms with Gasteiger partial charge in [-0.15, -0.1) is 0 Å². The normalized spacial score (nSPS) is 17.5. The van der Waals surface area contributed by atoms with Crippen LogP contribution < -0.4 is 5.73 Å². The van der Waals surface area contributed by atoms with Gasteiger partial charge in [0.05, 0.1) is 5.60 Å². The van der Waals surface area contributed by atoms with Crippen LogP contribution in [0.15, 0.2) is 24.3 Å². The summed E-state index contributed by atoms with van der Waals surface area (Å²) in [5.74, 6) is 0. The van der Waals surface area contributed by atoms with E-state index in [1.54, 1.807) is 6.92 Å². The first kappa shape index (κ1) is 11.9. The molecule has 0 radical (unpaired) electrons. The summed E-state index contributed by atoms with van der Waals surface area (Å²) in [5.41, 5.74) is 5.99. The molecule has 0 aliphatic rings. The van der Waals surface area contributed by atoms with E-state index in [2.05, 4.69) is 22.6 Å². The van der Waals surface area contributed by atoms with Crippen LogP contribution in [0, 0.1) is 3.57 Å². The number of hydrogen-bond acceptors (Lipinski definition) is 2. The van der Waals surface area contributed by atoms with Gasteiger partial charge in [0.2, 0.25) is 0 Å². The highest BCUT2D eigenvalue weighted by Crippen LogP contribution is 2.16. The summed E-state index contributed by atoms with van der Waals surface area (Å²) in [6.07, 6.45) is 0.599. The lowest BCUT2D eigenvalue weighted by molar-refractivity contribution is 0.0389. The quantitative estimate of drug-likeness (QED) is 0.838. The molecule has 0 spiro atoms. The van der Waals surface area contributed by atoms with Crippen molar-refractivity contribution in [2.75, 3.05) is 0 Å². The molecule has 1 aromatic rings. The first-order chi connectivity index (χ1) is 6.42. The van der Waals surface area contributed by atoms with Gasteiger partial charge in [-0.25, -0.2) is 0 Å². The molecule has 0 aliphatic heterocycles. The summed E-state index contributed by atoms with van der Waals surface area (Å²) in [7, 11) is 0. The molecule has 1 rings (SSSR count). The van der Waals surface area contributed by atoms with Crippen molar-refractivity contribution in [2.45, 2.75) is 31.9 Å². The van der Waals surface area contributed by atoms with E-state index >= 15 is 0 Å². The third-order valence-electron chi connectivity index (χ3n) is 2.46. The van der Waals surface area contributed by atoms with Crippen molar-refractivity contribution in [2.24, 2.45) is 5.73 Å². The fourth-order valence-corrected chi connectivity index (χ4v) is 1.54. The highest BCUT2D eigenvalue weighted by Gasteiger charge is 2.25. The zero-order valence-electron chi connectivity index (χ0n) is 8.50. The Morgan fingerprint density at radius 3 is 2.36 bits per heavy atom. The predicted octanol–water partition coefficient (Wildman–Crippen LogP) is 1.93. The van der Waals surface area contributed by atoms with E-state index in [1.165, 1.54) is 3.57 Å². The number of halogens is 1. The molecule has 0 saturated carbocycles. The highest BCUT2D eigenvalue weighted by atomic mass is 127. The van der Waals surface area contributed by atoms with E-state index in [4.69, 9.17) is 5.73 Å². The molecule has 0 amide bonds. The molecular formula is C11H16INO. The summed E-state index contributed by atoms with van der Waals surface area (Å²) in [4.78, 5) is 0. The van der Waals surface area contributed by atoms with E-state index in [-0.39, 0.29) is 6.04 Å². The molecule has 0 aromatic heterocycles. The van der Waals surface area contributed by atoms with Crippen LogP contribution in [0.2, 0.25) is 0 Å². The van der Waals surface area contributed by atoms with Gasteiger partial charge in [-0.3, -0.25) is 0 Å². The van der Waals surface area contributed by atoms with E-state index in [9.17, 15) is 5.11 Å². The summed E-state index contributed by atoms with van der Waals surface area (Å²) in [6, 6.07) is 7.90. The Kier molecular flexibility index (Phi) is 3.92. The van der Waals surface area contributed by atoms with Crippen molar-refractivity contribution in [3.8, 4) is 0 Å². The van der Waals surface area contributed by atoms with Crippen LogP contribution in [-0.2, 0) is 6.42 Å². The lowest BCUT2D eigenvalue weighted by Gasteiger charge is -2.27. The van der Waals surface area contributed by atoms with Gasteiger partial charge in [0.25, 0.3) is 0 Å². The van der Waals surface area contributed by atoms with Crippen molar-refractivity contribution >= 4 is 22.6 Å². The molecule has 0 heterocycles. The zero-order valence-corrected chi connectivity index (χ0v) is 10.7. The maximum Gasteiger partial charge on any atom is 0.0807 e. The average Bonchev–Trinajstić information content (AvgIpc) is 2.08. The summed E-state index contributed by atoms with van der Waals surface area (Å²) in [5, 5.41) is 9.99. The Morgan fingerprint density at radius 2 is 1.93 bits per heavy atom. The van der Waals surface area contributed by atoms with Gasteiger partial charge in [-0.2, -0.15) is 0 Å². The third kappa shape index (κ3) is 3.22. The minimum atomic E-state index is -0.827. The molecule has 0 fully saturated rings. The largest absolute Gasteiger partial charge is 0.388 e. The second-order valence-electron chi connectivity index (χ2n) is 3.95. The predicted molar refractivity (Wildman–Crippen MR) is 67.1 cm³/mol. The van der Waals surface area contributed by atoms with Crippen LogP contribution in [-0.4, -0.2) is 16.7 Å². The molecule has 2 unspecified atom stereocenters. The van der Waals surface area contributed by atoms with Crippen LogP contribution >= 0.6 is 22.6 Å². The van der Waals surface area contributed by atoms with E-state index in [0.29, 0.717) is 6.42 Å². The van der Waals surface area contributed by atoms with Gasteiger partial charge in [0, 0.05) is 16.0 Å². The Labute approximate surface area is 98.7 Å². The molecule has 3 heteroatoms. The fourth-order valence-electron chi connectivity index (χ4n) is 1.18. The smallest absolute Gasteiger partial charge is 0.0807 e. The van der Waals surface area contributed by atoms with Crippen molar-refractivity contribution in [1.82, 2.24) is 0 Å². The first-order valence-corrected chi connectivity index (χ1v) is 5.72. The molecule has 3 N–H and O–H groups in total. The lowest BCUT2D eigenvalue weighted by atomic mass is 9.91. The van der Waals surface area contributed by atoms with Gasteiger partial charge < -0.3 is 10.8 Å². The first-order valence-electron chi connectivity index (χ1n) is 4.64. The number of benzene rings is 1. The van der Waals surface area contributed by atoms with Crippen molar-refractivity contribution in [1.29, 1.82) is 0 Å². The second-order valence-corrected chi connectivity index (χ2v) is 5.19. The Balaban J connectivity index is 2.74. The third-order valence-corrected chi connectivity index (χ3v) is 3.18. The lowest BCUT2D eigenvalue weighted by Crippen LogP contribution is -2.45. The molecule has 0 aliphatic carbocycles. The number of aliphatic hydroxyl groups is 1. The van der Waals surface area contributed by atoms with E-state index in [1.807, 2.05) is 31.2 Å². The monoisotopic (exact) mass is 305 g/mol. The molecule has 2 atom stereocenters. The summed E-state index contributed by atoms with van der Waals surface area (Å²) < 4.78 is 1.20. The van der Waals surface area contributed by atoms with Crippen molar-refractivity contribution in [3.05, 3.63) is 33.4 Å². The standard InChI is InChI=1S/C11H16INO/c1-8(13)11(2,14)7-9-3-5-10(12)6-4-9/h3-6,8,14H,7,13H2,1-2H3. The van der Waals surface area contributed by atoms with Crippen LogP contribution in [0.5, 0.6) is 0 Å². The SMILES string of the molecule is CC(N)C(C)(O)Cc1ccc(I)cc1. The number of nitrogens with two attached hydrogens (primary N) is 1. The van der Waals surface area contributed by atoms with Crippen LogP contribution in [0.3, 0.4) is 0 Å². The Hall–Kier alpha value is -0.130. The number of hydrogen-bond donors (Lipinski definition) is 2. The van der Waals surface area contributed by atoms with Crippen molar-refractivity contribution < 1.29 is 5.11 Å². The Morgan fingerprint density at radius 1 is 1.43 bits per heavy atom. The maximum absolute atomic E-state index is 9.99. The van der Waals surface area contributed by atoms with Crippen LogP contribution in [0.4, 0.5) is 0 Å². The van der Waals surface area contributed by atoms with Crippen LogP contribution in [0.25, 0.3) is 0 Å². The molecule has 78 valence electrons. The summed E-state index contributed by atoms with van der Waals surface area (Å²) >= 11 is 2.26. The summed E-state index contributed by atoms with van der Waals surface area (Å²) in [6.45, 7) is 3.60. The molecule has 14 heavy (non-hydrogen) atoms.